The normalized spacial score (nSPS) is 9.96. The number of esters is 1. The largest absolute Gasteiger partial charge is 0.497 e. The molecule has 8 heteroatoms. The lowest BCUT2D eigenvalue weighted by molar-refractivity contribution is -0.385. The summed E-state index contributed by atoms with van der Waals surface area (Å²) in [4.78, 5) is 33.8. The molecule has 0 fully saturated rings. The molecule has 0 unspecified atom stereocenters. The molecule has 130 valence electrons. The standard InChI is InChI=1S/C17H15NO7/c1-23-13-8-6-12(7-9-13)15(19)10-25-17(20)11-24-16-5-3-2-4-14(16)18(21)22/h2-9H,10-11H2,1H3. The third-order valence-corrected chi connectivity index (χ3v) is 3.18. The van der Waals surface area contributed by atoms with E-state index in [1.165, 1.54) is 25.3 Å². The van der Waals surface area contributed by atoms with Crippen LogP contribution in [0, 0.1) is 10.1 Å². The predicted molar refractivity (Wildman–Crippen MR) is 86.9 cm³/mol. The van der Waals surface area contributed by atoms with E-state index in [1.807, 2.05) is 0 Å². The molecule has 2 aromatic carbocycles. The number of nitro benzene ring substituents is 1. The second-order valence-electron chi connectivity index (χ2n) is 4.83. The van der Waals surface area contributed by atoms with Gasteiger partial charge in [0.25, 0.3) is 0 Å². The zero-order chi connectivity index (χ0) is 18.2. The molecule has 0 aliphatic heterocycles. The number of Topliss-reactive ketones (excluding diaryl/α,β-unsaturated/α-hetero) is 1. The van der Waals surface area contributed by atoms with E-state index in [-0.39, 0.29) is 17.2 Å². The van der Waals surface area contributed by atoms with Crippen LogP contribution in [0.3, 0.4) is 0 Å². The number of benzene rings is 2. The molecule has 2 aromatic rings. The molecule has 0 aromatic heterocycles. The van der Waals surface area contributed by atoms with Crippen molar-refractivity contribution in [2.45, 2.75) is 0 Å². The summed E-state index contributed by atoms with van der Waals surface area (Å²) in [6, 6.07) is 12.0. The molecular formula is C17H15NO7. The summed E-state index contributed by atoms with van der Waals surface area (Å²) < 4.78 is 14.9. The maximum Gasteiger partial charge on any atom is 0.344 e. The second kappa shape index (κ2) is 8.44. The molecule has 0 aliphatic rings. The van der Waals surface area contributed by atoms with Gasteiger partial charge in [-0.2, -0.15) is 0 Å². The van der Waals surface area contributed by atoms with Crippen molar-refractivity contribution in [3.05, 3.63) is 64.2 Å². The number of carbonyl (C=O) groups is 2. The van der Waals surface area contributed by atoms with Gasteiger partial charge in [0.05, 0.1) is 12.0 Å². The molecule has 8 nitrogen and oxygen atoms in total. The minimum Gasteiger partial charge on any atom is -0.497 e. The van der Waals surface area contributed by atoms with Gasteiger partial charge < -0.3 is 14.2 Å². The van der Waals surface area contributed by atoms with Gasteiger partial charge in [-0.05, 0) is 30.3 Å². The number of para-hydroxylation sites is 2. The molecular weight excluding hydrogens is 330 g/mol. The van der Waals surface area contributed by atoms with Crippen molar-refractivity contribution in [3.63, 3.8) is 0 Å². The Hall–Kier alpha value is -3.42. The van der Waals surface area contributed by atoms with Crippen LogP contribution in [-0.4, -0.2) is 37.0 Å². The van der Waals surface area contributed by atoms with Gasteiger partial charge in [-0.3, -0.25) is 14.9 Å². The second-order valence-corrected chi connectivity index (χ2v) is 4.83. The lowest BCUT2D eigenvalue weighted by Crippen LogP contribution is -2.19. The van der Waals surface area contributed by atoms with Crippen LogP contribution in [0.25, 0.3) is 0 Å². The summed E-state index contributed by atoms with van der Waals surface area (Å²) in [5, 5.41) is 10.8. The summed E-state index contributed by atoms with van der Waals surface area (Å²) in [6.07, 6.45) is 0. The van der Waals surface area contributed by atoms with Gasteiger partial charge in [0.15, 0.2) is 24.7 Å². The molecule has 0 N–H and O–H groups in total. The van der Waals surface area contributed by atoms with Crippen LogP contribution < -0.4 is 9.47 Å². The average Bonchev–Trinajstić information content (AvgIpc) is 2.64. The van der Waals surface area contributed by atoms with Crippen molar-refractivity contribution in [3.8, 4) is 11.5 Å². The van der Waals surface area contributed by atoms with Gasteiger partial charge in [0.1, 0.15) is 5.75 Å². The molecule has 0 radical (unpaired) electrons. The SMILES string of the molecule is COc1ccc(C(=O)COC(=O)COc2ccccc2[N+](=O)[O-])cc1. The zero-order valence-corrected chi connectivity index (χ0v) is 13.3. The summed E-state index contributed by atoms with van der Waals surface area (Å²) in [5.74, 6) is -0.640. The maximum absolute atomic E-state index is 11.9. The molecule has 0 atom stereocenters. The predicted octanol–water partition coefficient (Wildman–Crippen LogP) is 2.41. The first-order valence-corrected chi connectivity index (χ1v) is 7.20. The van der Waals surface area contributed by atoms with Crippen molar-refractivity contribution in [1.29, 1.82) is 0 Å². The number of ether oxygens (including phenoxy) is 3. The fourth-order valence-corrected chi connectivity index (χ4v) is 1.91. The van der Waals surface area contributed by atoms with Crippen molar-refractivity contribution in [2.75, 3.05) is 20.3 Å². The molecule has 25 heavy (non-hydrogen) atoms. The van der Waals surface area contributed by atoms with Crippen LogP contribution in [0.2, 0.25) is 0 Å². The quantitative estimate of drug-likeness (QED) is 0.313. The van der Waals surface area contributed by atoms with E-state index >= 15 is 0 Å². The van der Waals surface area contributed by atoms with Crippen LogP contribution in [0.5, 0.6) is 11.5 Å². The van der Waals surface area contributed by atoms with Crippen molar-refractivity contribution in [1.82, 2.24) is 0 Å². The first kappa shape index (κ1) is 17.9. The number of nitrogens with zero attached hydrogens (tertiary/aromatic N) is 1. The van der Waals surface area contributed by atoms with E-state index in [1.54, 1.807) is 30.3 Å². The first-order valence-electron chi connectivity index (χ1n) is 7.20. The van der Waals surface area contributed by atoms with Crippen LogP contribution in [0.15, 0.2) is 48.5 Å². The van der Waals surface area contributed by atoms with Gasteiger partial charge in [0, 0.05) is 11.6 Å². The van der Waals surface area contributed by atoms with Gasteiger partial charge in [-0.1, -0.05) is 12.1 Å². The fourth-order valence-electron chi connectivity index (χ4n) is 1.91. The maximum atomic E-state index is 11.9. The van der Waals surface area contributed by atoms with E-state index in [0.29, 0.717) is 11.3 Å². The number of rotatable bonds is 8. The van der Waals surface area contributed by atoms with Crippen LogP contribution in [0.1, 0.15) is 10.4 Å². The zero-order valence-electron chi connectivity index (χ0n) is 13.3. The first-order chi connectivity index (χ1) is 12.0. The van der Waals surface area contributed by atoms with Crippen molar-refractivity contribution in [2.24, 2.45) is 0 Å². The van der Waals surface area contributed by atoms with Gasteiger partial charge in [0.2, 0.25) is 0 Å². The minimum atomic E-state index is -0.806. The number of carbonyl (C=O) groups excluding carboxylic acids is 2. The molecule has 0 heterocycles. The third kappa shape index (κ3) is 5.03. The molecule has 0 aliphatic carbocycles. The third-order valence-electron chi connectivity index (χ3n) is 3.18. The average molecular weight is 345 g/mol. The van der Waals surface area contributed by atoms with E-state index in [0.717, 1.165) is 0 Å². The molecule has 0 saturated carbocycles. The van der Waals surface area contributed by atoms with E-state index in [2.05, 4.69) is 0 Å². The van der Waals surface area contributed by atoms with Crippen molar-refractivity contribution < 1.29 is 28.7 Å². The van der Waals surface area contributed by atoms with Crippen LogP contribution >= 0.6 is 0 Å². The number of ketones is 1. The molecule has 2 rings (SSSR count). The van der Waals surface area contributed by atoms with E-state index in [9.17, 15) is 19.7 Å². The number of nitro groups is 1. The lowest BCUT2D eigenvalue weighted by atomic mass is 10.1. The van der Waals surface area contributed by atoms with Gasteiger partial charge in [-0.25, -0.2) is 4.79 Å². The smallest absolute Gasteiger partial charge is 0.344 e. The highest BCUT2D eigenvalue weighted by Crippen LogP contribution is 2.25. The van der Waals surface area contributed by atoms with Gasteiger partial charge in [-0.15, -0.1) is 0 Å². The Morgan fingerprint density at radius 1 is 1.04 bits per heavy atom. The molecule has 0 bridgehead atoms. The molecule has 0 saturated heterocycles. The van der Waals surface area contributed by atoms with Crippen LogP contribution in [0.4, 0.5) is 5.69 Å². The van der Waals surface area contributed by atoms with Gasteiger partial charge >= 0.3 is 11.7 Å². The summed E-state index contributed by atoms with van der Waals surface area (Å²) >= 11 is 0. The number of hydrogen-bond donors (Lipinski definition) is 0. The Bertz CT molecular complexity index is 771. The lowest BCUT2D eigenvalue weighted by Gasteiger charge is -2.07. The molecule has 0 amide bonds. The highest BCUT2D eigenvalue weighted by Gasteiger charge is 2.16. The highest BCUT2D eigenvalue weighted by molar-refractivity contribution is 5.98. The van der Waals surface area contributed by atoms with E-state index < -0.39 is 24.1 Å². The van der Waals surface area contributed by atoms with Crippen molar-refractivity contribution >= 4 is 17.4 Å². The monoisotopic (exact) mass is 345 g/mol. The molecule has 0 spiro atoms. The highest BCUT2D eigenvalue weighted by atomic mass is 16.6. The fraction of sp³-hybridized carbons (Fsp3) is 0.176. The Balaban J connectivity index is 1.84. The summed E-state index contributed by atoms with van der Waals surface area (Å²) in [5.41, 5.74) is 0.109. The van der Waals surface area contributed by atoms with Crippen LogP contribution in [-0.2, 0) is 9.53 Å². The van der Waals surface area contributed by atoms with E-state index in [4.69, 9.17) is 14.2 Å². The Morgan fingerprint density at radius 3 is 2.36 bits per heavy atom. The Labute approximate surface area is 143 Å². The summed E-state index contributed by atoms with van der Waals surface area (Å²) in [6.45, 7) is -0.994. The Morgan fingerprint density at radius 2 is 1.72 bits per heavy atom. The topological polar surface area (TPSA) is 105 Å². The number of methoxy groups -OCH3 is 1. The minimum absolute atomic E-state index is 0.0501. The summed E-state index contributed by atoms with van der Waals surface area (Å²) in [7, 11) is 1.51. The Kier molecular flexibility index (Phi) is 6.05. The number of hydrogen-bond acceptors (Lipinski definition) is 7.